The highest BCUT2D eigenvalue weighted by Crippen LogP contribution is 2.35. The third-order valence-corrected chi connectivity index (χ3v) is 4.57. The van der Waals surface area contributed by atoms with E-state index in [1.165, 1.54) is 0 Å². The van der Waals surface area contributed by atoms with E-state index in [-0.39, 0.29) is 11.2 Å². The zero-order chi connectivity index (χ0) is 16.9. The molecule has 0 amide bonds. The molecule has 0 bridgehead atoms. The van der Waals surface area contributed by atoms with Crippen LogP contribution in [0.2, 0.25) is 0 Å². The van der Waals surface area contributed by atoms with Gasteiger partial charge in [-0.25, -0.2) is 4.98 Å². The van der Waals surface area contributed by atoms with Crippen LogP contribution in [0.15, 0.2) is 18.5 Å². The zero-order valence-corrected chi connectivity index (χ0v) is 13.6. The number of Topliss-reactive ketones (excluding diaryl/α,β-unsaturated/α-hetero) is 1. The number of H-pyrrole nitrogens is 1. The third-order valence-electron chi connectivity index (χ3n) is 4.57. The maximum atomic E-state index is 11.6. The van der Waals surface area contributed by atoms with Gasteiger partial charge in [0.15, 0.2) is 5.78 Å². The second-order valence-corrected chi connectivity index (χ2v) is 6.86. The molecular formula is C18H17N5O. The summed E-state index contributed by atoms with van der Waals surface area (Å²) in [5.41, 5.74) is 4.15. The Morgan fingerprint density at radius 3 is 3.08 bits per heavy atom. The number of carbonyl (C=O) groups is 1. The summed E-state index contributed by atoms with van der Waals surface area (Å²) >= 11 is 0. The molecule has 0 unspecified atom stereocenters. The molecule has 0 saturated heterocycles. The number of fused-ring (bicyclic) bond motifs is 5. The zero-order valence-electron chi connectivity index (χ0n) is 13.6. The highest BCUT2D eigenvalue weighted by atomic mass is 16.1. The molecule has 0 saturated carbocycles. The van der Waals surface area contributed by atoms with Gasteiger partial charge in [0.25, 0.3) is 0 Å². The first-order valence-corrected chi connectivity index (χ1v) is 7.93. The summed E-state index contributed by atoms with van der Waals surface area (Å²) in [6.45, 7) is 4.39. The second-order valence-electron chi connectivity index (χ2n) is 6.86. The highest BCUT2D eigenvalue weighted by molar-refractivity contribution is 5.95. The van der Waals surface area contributed by atoms with Crippen LogP contribution in [-0.4, -0.2) is 32.2 Å². The molecule has 6 nitrogen and oxygen atoms in total. The molecule has 2 aliphatic heterocycles. The van der Waals surface area contributed by atoms with Gasteiger partial charge in [0, 0.05) is 30.0 Å². The summed E-state index contributed by atoms with van der Waals surface area (Å²) in [4.78, 5) is 26.2. The van der Waals surface area contributed by atoms with Gasteiger partial charge in [-0.15, -0.1) is 0 Å². The summed E-state index contributed by atoms with van der Waals surface area (Å²) in [5, 5.41) is 9.03. The van der Waals surface area contributed by atoms with E-state index in [1.54, 1.807) is 6.20 Å². The number of ketones is 1. The first kappa shape index (κ1) is 14.6. The van der Waals surface area contributed by atoms with Crippen molar-refractivity contribution in [1.29, 1.82) is 5.26 Å². The standard InChI is InChI=1S/C18H17N5O/c1-18(2,6-7-19)17-21-13-9-20-16-12(15(13)22-17)5-8-23-10-11(24)3-4-14(16)23/h4-5,8-9H,3,6,10H2,1-2H3,(H,21,22). The third kappa shape index (κ3) is 2.13. The lowest BCUT2D eigenvalue weighted by atomic mass is 9.89. The van der Waals surface area contributed by atoms with E-state index in [1.807, 2.05) is 37.1 Å². The van der Waals surface area contributed by atoms with Crippen LogP contribution in [0, 0.1) is 11.3 Å². The first-order valence-electron chi connectivity index (χ1n) is 7.93. The van der Waals surface area contributed by atoms with E-state index in [0.29, 0.717) is 19.4 Å². The number of carbonyl (C=O) groups excluding carboxylic acids is 1. The molecule has 0 fully saturated rings. The van der Waals surface area contributed by atoms with E-state index in [0.717, 1.165) is 33.8 Å². The minimum atomic E-state index is -0.346. The van der Waals surface area contributed by atoms with Gasteiger partial charge in [-0.1, -0.05) is 19.9 Å². The van der Waals surface area contributed by atoms with Gasteiger partial charge in [-0.05, 0) is 6.08 Å². The number of allylic oxidation sites excluding steroid dienone is 1. The molecule has 0 atom stereocenters. The number of pyridine rings is 1. The summed E-state index contributed by atoms with van der Waals surface area (Å²) in [7, 11) is 0. The van der Waals surface area contributed by atoms with Crippen molar-refractivity contribution in [2.45, 2.75) is 32.1 Å². The van der Waals surface area contributed by atoms with Crippen LogP contribution >= 0.6 is 0 Å². The summed E-state index contributed by atoms with van der Waals surface area (Å²) in [5.74, 6) is 0.992. The van der Waals surface area contributed by atoms with Crippen LogP contribution in [0.4, 0.5) is 0 Å². The molecular weight excluding hydrogens is 302 g/mol. The highest BCUT2D eigenvalue weighted by Gasteiger charge is 2.28. The average Bonchev–Trinajstić information content (AvgIpc) is 2.99. The monoisotopic (exact) mass is 319 g/mol. The number of rotatable bonds is 2. The molecule has 0 spiro atoms. The number of nitrogens with zero attached hydrogens (tertiary/aromatic N) is 4. The van der Waals surface area contributed by atoms with Crippen LogP contribution in [0.1, 0.15) is 43.8 Å². The van der Waals surface area contributed by atoms with Crippen LogP contribution in [0.25, 0.3) is 22.8 Å². The van der Waals surface area contributed by atoms with E-state index in [9.17, 15) is 4.79 Å². The minimum Gasteiger partial charge on any atom is -0.340 e. The second kappa shape index (κ2) is 5.03. The average molecular weight is 319 g/mol. The number of hydrogen-bond donors (Lipinski definition) is 1. The molecule has 24 heavy (non-hydrogen) atoms. The van der Waals surface area contributed by atoms with Crippen molar-refractivity contribution in [3.63, 3.8) is 0 Å². The summed E-state index contributed by atoms with van der Waals surface area (Å²) in [6.07, 6.45) is 8.42. The lowest BCUT2D eigenvalue weighted by Crippen LogP contribution is -2.29. The molecule has 4 heterocycles. The van der Waals surface area contributed by atoms with Crippen LogP contribution in [-0.2, 0) is 10.2 Å². The molecule has 6 heteroatoms. The minimum absolute atomic E-state index is 0.202. The van der Waals surface area contributed by atoms with Gasteiger partial charge in [-0.3, -0.25) is 9.78 Å². The number of imidazole rings is 1. The van der Waals surface area contributed by atoms with Crippen LogP contribution < -0.4 is 0 Å². The van der Waals surface area contributed by atoms with Gasteiger partial charge in [-0.2, -0.15) is 5.26 Å². The van der Waals surface area contributed by atoms with Crippen molar-refractivity contribution < 1.29 is 4.79 Å². The van der Waals surface area contributed by atoms with Crippen molar-refractivity contribution in [2.75, 3.05) is 6.54 Å². The smallest absolute Gasteiger partial charge is 0.156 e. The lowest BCUT2D eigenvalue weighted by molar-refractivity contribution is -0.118. The molecule has 2 aliphatic rings. The number of aromatic amines is 1. The van der Waals surface area contributed by atoms with Gasteiger partial charge in [0.2, 0.25) is 0 Å². The van der Waals surface area contributed by atoms with Crippen LogP contribution in [0.5, 0.6) is 0 Å². The van der Waals surface area contributed by atoms with Gasteiger partial charge in [0.1, 0.15) is 5.82 Å². The normalized spacial score (nSPS) is 16.6. The van der Waals surface area contributed by atoms with E-state index in [2.05, 4.69) is 16.0 Å². The fourth-order valence-corrected chi connectivity index (χ4v) is 3.16. The Morgan fingerprint density at radius 2 is 2.29 bits per heavy atom. The predicted octanol–water partition coefficient (Wildman–Crippen LogP) is 2.75. The van der Waals surface area contributed by atoms with Crippen molar-refractivity contribution in [1.82, 2.24) is 19.9 Å². The Labute approximate surface area is 139 Å². The van der Waals surface area contributed by atoms with E-state index in [4.69, 9.17) is 10.2 Å². The van der Waals surface area contributed by atoms with Crippen molar-refractivity contribution in [2.24, 2.45) is 0 Å². The summed E-state index contributed by atoms with van der Waals surface area (Å²) < 4.78 is 0. The molecule has 0 aliphatic carbocycles. The summed E-state index contributed by atoms with van der Waals surface area (Å²) in [6, 6.07) is 2.22. The number of nitrogens with one attached hydrogen (secondary N) is 1. The predicted molar refractivity (Wildman–Crippen MR) is 90.5 cm³/mol. The Kier molecular flexibility index (Phi) is 3.07. The van der Waals surface area contributed by atoms with Gasteiger partial charge >= 0.3 is 0 Å². The lowest BCUT2D eigenvalue weighted by Gasteiger charge is -2.29. The van der Waals surface area contributed by atoms with Crippen molar-refractivity contribution >= 4 is 28.6 Å². The molecule has 4 rings (SSSR count). The molecule has 0 radical (unpaired) electrons. The SMILES string of the molecule is CC(C)(CC#N)c1nc2c3c(ncc2[nH]1)C1=CCC(=O)CN1C=C3. The Morgan fingerprint density at radius 1 is 1.46 bits per heavy atom. The number of hydrogen-bond acceptors (Lipinski definition) is 5. The van der Waals surface area contributed by atoms with Crippen molar-refractivity contribution in [3.05, 3.63) is 35.6 Å². The van der Waals surface area contributed by atoms with Gasteiger partial charge < -0.3 is 9.88 Å². The van der Waals surface area contributed by atoms with Crippen LogP contribution in [0.3, 0.4) is 0 Å². The number of aromatic nitrogens is 3. The fourth-order valence-electron chi connectivity index (χ4n) is 3.16. The van der Waals surface area contributed by atoms with Gasteiger partial charge in [0.05, 0.1) is 41.2 Å². The Balaban J connectivity index is 1.87. The topological polar surface area (TPSA) is 85.7 Å². The van der Waals surface area contributed by atoms with E-state index < -0.39 is 0 Å². The number of nitriles is 1. The maximum Gasteiger partial charge on any atom is 0.156 e. The largest absolute Gasteiger partial charge is 0.340 e. The Bertz CT molecular complexity index is 958. The molecule has 2 aromatic heterocycles. The molecule has 120 valence electrons. The quantitative estimate of drug-likeness (QED) is 0.920. The first-order chi connectivity index (χ1) is 11.5. The van der Waals surface area contributed by atoms with Crippen molar-refractivity contribution in [3.8, 4) is 6.07 Å². The Hall–Kier alpha value is -2.94. The molecule has 0 aromatic carbocycles. The maximum absolute atomic E-state index is 11.6. The molecule has 1 N–H and O–H groups in total. The van der Waals surface area contributed by atoms with E-state index >= 15 is 0 Å². The molecule has 2 aromatic rings. The fraction of sp³-hybridized carbons (Fsp3) is 0.333.